The van der Waals surface area contributed by atoms with E-state index in [-0.39, 0.29) is 79.9 Å². The molecule has 7 aromatic rings. The van der Waals surface area contributed by atoms with Crippen molar-refractivity contribution in [2.24, 2.45) is 0 Å². The van der Waals surface area contributed by atoms with Crippen molar-refractivity contribution >= 4 is 82.2 Å². The summed E-state index contributed by atoms with van der Waals surface area (Å²) in [4.78, 5) is 36.2. The molecule has 71 heavy (non-hydrogen) atoms. The van der Waals surface area contributed by atoms with Gasteiger partial charge in [-0.3, -0.25) is 0 Å². The zero-order chi connectivity index (χ0) is 50.9. The van der Waals surface area contributed by atoms with Crippen molar-refractivity contribution in [3.63, 3.8) is 0 Å². The minimum Gasteiger partial charge on any atom is -0.657 e. The van der Waals surface area contributed by atoms with Crippen LogP contribution in [0.15, 0.2) is 72.8 Å². The van der Waals surface area contributed by atoms with E-state index in [4.69, 9.17) is 32.6 Å². The second-order valence-electron chi connectivity index (χ2n) is 14.7. The van der Waals surface area contributed by atoms with Crippen molar-refractivity contribution in [2.75, 3.05) is 0 Å². The van der Waals surface area contributed by atoms with E-state index in [0.717, 1.165) is 13.8 Å². The molecule has 5 heterocycles. The number of benzene rings is 4. The van der Waals surface area contributed by atoms with Crippen molar-refractivity contribution in [1.29, 1.82) is 0 Å². The third kappa shape index (κ3) is 10.1. The molecule has 0 amide bonds. The Labute approximate surface area is 412 Å². The van der Waals surface area contributed by atoms with Crippen LogP contribution in [-0.4, -0.2) is 45.8 Å². The number of carboxylic acids is 2. The van der Waals surface area contributed by atoms with Crippen molar-refractivity contribution in [1.82, 2.24) is 19.9 Å². The standard InChI is InChI=1S/C48H18F10N4.2C2H4O2.Sn/c1-3-21-5-9-23(10-6-21)33-25-13-17-29(59-25)35(37-39(49)43(53)47(57)44(54)40(37)50)31-19-15-27(61-31)34(24-11-7-22(4-2)8-12-24)28-16-20-32(62-28)36(30-18-14-26(33)60-30)38-41(51)45(55)48(58)46(56)42(38)52;2*1-2(3)4;/h1-2,5-20H;2*1H3,(H,3,4);/q-2;;;+4/p-2. The van der Waals surface area contributed by atoms with E-state index in [2.05, 4.69) is 31.8 Å². The summed E-state index contributed by atoms with van der Waals surface area (Å²) in [7, 11) is 0. The predicted octanol–water partition coefficient (Wildman–Crippen LogP) is 9.07. The Kier molecular flexibility index (Phi) is 15.5. The third-order valence-electron chi connectivity index (χ3n) is 10.2. The van der Waals surface area contributed by atoms with Gasteiger partial charge in [-0.15, -0.1) is 34.9 Å². The van der Waals surface area contributed by atoms with E-state index in [9.17, 15) is 26.3 Å². The normalized spacial score (nSPS) is 11.1. The first kappa shape index (κ1) is 52.0. The van der Waals surface area contributed by atoms with Crippen LogP contribution in [0.4, 0.5) is 43.9 Å². The number of carbonyl (C=O) groups is 2. The van der Waals surface area contributed by atoms with Gasteiger partial charge in [0.15, 0.2) is 46.5 Å². The number of hydrogen-bond donors (Lipinski definition) is 0. The number of aromatic nitrogens is 4. The molecule has 350 valence electrons. The van der Waals surface area contributed by atoms with Crippen LogP contribution in [0.2, 0.25) is 0 Å². The smallest absolute Gasteiger partial charge is 0.657 e. The number of hydrogen-bond acceptors (Lipinski definition) is 6. The van der Waals surface area contributed by atoms with E-state index < -0.39 is 92.4 Å². The quantitative estimate of drug-likeness (QED) is 0.0561. The second kappa shape index (κ2) is 21.1. The van der Waals surface area contributed by atoms with Crippen LogP contribution in [0.25, 0.3) is 90.9 Å². The molecule has 0 spiro atoms. The summed E-state index contributed by atoms with van der Waals surface area (Å²) in [6.45, 7) is 1.94. The molecular weight excluding hydrogens is 1050 g/mol. The first-order valence-electron chi connectivity index (χ1n) is 19.9. The molecule has 0 atom stereocenters. The molecule has 0 radical (unpaired) electrons. The Morgan fingerprint density at radius 3 is 0.887 bits per heavy atom. The number of aliphatic carboxylic acids is 2. The van der Waals surface area contributed by atoms with Gasteiger partial charge in [0, 0.05) is 23.1 Å². The molecule has 19 heteroatoms. The first-order chi connectivity index (χ1) is 33.3. The van der Waals surface area contributed by atoms with Gasteiger partial charge in [-0.25, -0.2) is 53.9 Å². The largest absolute Gasteiger partial charge is 4.00 e. The Bertz CT molecular complexity index is 3360. The van der Waals surface area contributed by atoms with Crippen LogP contribution in [-0.2, 0) is 9.59 Å². The number of halogens is 10. The van der Waals surface area contributed by atoms with Crippen LogP contribution in [0.5, 0.6) is 0 Å². The zero-order valence-electron chi connectivity index (χ0n) is 36.1. The molecule has 2 aliphatic heterocycles. The topological polar surface area (TPSA) is 134 Å². The molecule has 0 saturated carbocycles. The fourth-order valence-corrected chi connectivity index (χ4v) is 7.31. The average Bonchev–Trinajstić information content (AvgIpc) is 4.19. The second-order valence-corrected chi connectivity index (χ2v) is 14.7. The summed E-state index contributed by atoms with van der Waals surface area (Å²) >= 11 is 0. The van der Waals surface area contributed by atoms with Crippen molar-refractivity contribution in [2.45, 2.75) is 13.8 Å². The van der Waals surface area contributed by atoms with E-state index in [0.29, 0.717) is 22.3 Å². The molecule has 0 fully saturated rings. The van der Waals surface area contributed by atoms with Gasteiger partial charge in [0.05, 0.1) is 33.9 Å². The Morgan fingerprint density at radius 2 is 0.634 bits per heavy atom. The SMILES string of the molecule is C#Cc1ccc(-c2c3nc(c(-c4c(F)c(F)c(F)c(F)c4F)c4ccc([n-]4)c(-c4ccc(C#C)cc4)c4nc(c(-c5c(F)c(F)c(F)c(F)c5F)c5ccc2[n-]5)C=C4)C=C3)cc1.CC(=O)[O-].CC(=O)[O-].[Sn+4]. The van der Waals surface area contributed by atoms with E-state index in [1.807, 2.05) is 0 Å². The van der Waals surface area contributed by atoms with Crippen molar-refractivity contribution < 1.29 is 63.7 Å². The average molecular weight is 1080 g/mol. The van der Waals surface area contributed by atoms with Crippen LogP contribution in [0.1, 0.15) is 47.8 Å². The van der Waals surface area contributed by atoms with E-state index in [1.165, 1.54) is 48.6 Å². The Hall–Kier alpha value is -8.36. The molecule has 0 saturated heterocycles. The number of rotatable bonds is 4. The molecule has 0 aliphatic carbocycles. The maximum atomic E-state index is 15.8. The number of carbonyl (C=O) groups excluding carboxylic acids is 2. The minimum atomic E-state index is -2.39. The van der Waals surface area contributed by atoms with Crippen LogP contribution in [0, 0.1) is 82.9 Å². The number of fused-ring (bicyclic) bond motifs is 8. The monoisotopic (exact) mass is 1080 g/mol. The maximum Gasteiger partial charge on any atom is 4.00 e. The molecule has 8 nitrogen and oxygen atoms in total. The summed E-state index contributed by atoms with van der Waals surface area (Å²) in [6, 6.07) is 17.6. The number of nitrogens with zero attached hydrogens (tertiary/aromatic N) is 4. The predicted molar refractivity (Wildman–Crippen MR) is 241 cm³/mol. The van der Waals surface area contributed by atoms with E-state index >= 15 is 17.6 Å². The van der Waals surface area contributed by atoms with E-state index in [1.54, 1.807) is 48.5 Å². The van der Waals surface area contributed by atoms with Gasteiger partial charge < -0.3 is 29.8 Å². The molecule has 0 N–H and O–H groups in total. The summed E-state index contributed by atoms with van der Waals surface area (Å²) < 4.78 is 152. The third-order valence-corrected chi connectivity index (χ3v) is 10.2. The number of carboxylic acid groups (broad SMARTS) is 2. The van der Waals surface area contributed by atoms with Crippen LogP contribution >= 0.6 is 0 Å². The molecule has 0 unspecified atom stereocenters. The fraction of sp³-hybridized carbons (Fsp3) is 0.0385. The zero-order valence-corrected chi connectivity index (χ0v) is 38.9. The minimum absolute atomic E-state index is 0. The summed E-state index contributed by atoms with van der Waals surface area (Å²) in [5.41, 5.74) is -3.32. The summed E-state index contributed by atoms with van der Waals surface area (Å²) in [5, 5.41) is 17.8. The van der Waals surface area contributed by atoms with Crippen molar-refractivity contribution in [3.05, 3.63) is 165 Å². The fourth-order valence-electron chi connectivity index (χ4n) is 7.31. The number of terminal acetylenes is 2. The molecular formula is C52H24F10N4O4Sn. The Balaban J connectivity index is 0.000000854. The first-order valence-corrected chi connectivity index (χ1v) is 19.9. The molecule has 2 aliphatic rings. The van der Waals surface area contributed by atoms with Gasteiger partial charge in [0.25, 0.3) is 0 Å². The molecule has 4 aromatic carbocycles. The molecule has 9 rings (SSSR count). The molecule has 8 bridgehead atoms. The summed E-state index contributed by atoms with van der Waals surface area (Å²) in [5.74, 6) is -19.5. The Morgan fingerprint density at radius 1 is 0.408 bits per heavy atom. The van der Waals surface area contributed by atoms with Gasteiger partial charge in [0.1, 0.15) is 0 Å². The maximum absolute atomic E-state index is 15.8. The van der Waals surface area contributed by atoms with Crippen LogP contribution in [0.3, 0.4) is 0 Å². The van der Waals surface area contributed by atoms with Gasteiger partial charge >= 0.3 is 23.9 Å². The molecule has 3 aromatic heterocycles. The van der Waals surface area contributed by atoms with Gasteiger partial charge in [-0.2, -0.15) is 0 Å². The van der Waals surface area contributed by atoms with Gasteiger partial charge in [0.2, 0.25) is 11.6 Å². The van der Waals surface area contributed by atoms with Crippen LogP contribution < -0.4 is 20.2 Å². The summed E-state index contributed by atoms with van der Waals surface area (Å²) in [6.07, 6.45) is 16.3. The van der Waals surface area contributed by atoms with Gasteiger partial charge in [-0.05, 0) is 95.8 Å². The van der Waals surface area contributed by atoms with Gasteiger partial charge in [-0.1, -0.05) is 60.4 Å². The van der Waals surface area contributed by atoms with Crippen molar-refractivity contribution in [3.8, 4) is 69.2 Å².